The van der Waals surface area contributed by atoms with Crippen molar-refractivity contribution in [3.05, 3.63) is 21.3 Å². The molecule has 0 bridgehead atoms. The van der Waals surface area contributed by atoms with Crippen molar-refractivity contribution >= 4 is 55.0 Å². The van der Waals surface area contributed by atoms with Gasteiger partial charge in [-0.3, -0.25) is 0 Å². The highest BCUT2D eigenvalue weighted by molar-refractivity contribution is 14.1. The lowest BCUT2D eigenvalue weighted by atomic mass is 10.2. The molecule has 1 aromatic rings. The molecule has 0 N–H and O–H groups in total. The first kappa shape index (κ1) is 12.1. The summed E-state index contributed by atoms with van der Waals surface area (Å²) < 4.78 is 22.5. The molecule has 3 nitrogen and oxygen atoms in total. The van der Waals surface area contributed by atoms with Gasteiger partial charge in [-0.1, -0.05) is 0 Å². The summed E-state index contributed by atoms with van der Waals surface area (Å²) in [5.41, 5.74) is 0.248. The van der Waals surface area contributed by atoms with Gasteiger partial charge < -0.3 is 0 Å². The van der Waals surface area contributed by atoms with E-state index in [-0.39, 0.29) is 10.5 Å². The zero-order valence-electron chi connectivity index (χ0n) is 6.53. The maximum absolute atomic E-state index is 11.1. The van der Waals surface area contributed by atoms with Crippen molar-refractivity contribution in [2.45, 2.75) is 9.79 Å². The molecular formula is C7H3ClINO2S2. The van der Waals surface area contributed by atoms with Crippen LogP contribution in [-0.4, -0.2) is 8.42 Å². The molecule has 0 unspecified atom stereocenters. The van der Waals surface area contributed by atoms with Gasteiger partial charge in [-0.25, -0.2) is 8.42 Å². The Labute approximate surface area is 105 Å². The van der Waals surface area contributed by atoms with E-state index in [1.165, 1.54) is 12.1 Å². The number of hydrogen-bond donors (Lipinski definition) is 1. The van der Waals surface area contributed by atoms with Crippen molar-refractivity contribution in [1.29, 1.82) is 5.26 Å². The summed E-state index contributed by atoms with van der Waals surface area (Å²) in [5.74, 6) is 0. The lowest BCUT2D eigenvalue weighted by Gasteiger charge is -2.03. The highest BCUT2D eigenvalue weighted by Crippen LogP contribution is 2.27. The van der Waals surface area contributed by atoms with E-state index < -0.39 is 9.05 Å². The van der Waals surface area contributed by atoms with Gasteiger partial charge in [0, 0.05) is 15.6 Å². The number of halogens is 2. The van der Waals surface area contributed by atoms with Crippen molar-refractivity contribution in [2.75, 3.05) is 0 Å². The molecule has 0 atom stereocenters. The molecule has 0 aliphatic heterocycles. The molecule has 0 aromatic heterocycles. The molecule has 0 radical (unpaired) electrons. The normalized spacial score (nSPS) is 11.0. The number of rotatable bonds is 1. The van der Waals surface area contributed by atoms with E-state index in [4.69, 9.17) is 15.9 Å². The Bertz CT molecular complexity index is 521. The molecule has 0 aliphatic rings. The first-order valence-electron chi connectivity index (χ1n) is 3.23. The van der Waals surface area contributed by atoms with Crippen molar-refractivity contribution < 1.29 is 8.42 Å². The molecule has 0 saturated heterocycles. The quantitative estimate of drug-likeness (QED) is 0.476. The van der Waals surface area contributed by atoms with Crippen LogP contribution in [0.1, 0.15) is 5.56 Å². The summed E-state index contributed by atoms with van der Waals surface area (Å²) >= 11 is 5.74. The molecular weight excluding hydrogens is 357 g/mol. The third kappa shape index (κ3) is 2.53. The fourth-order valence-corrected chi connectivity index (χ4v) is 3.84. The summed E-state index contributed by atoms with van der Waals surface area (Å²) in [6.45, 7) is 0. The number of thiol groups is 1. The highest BCUT2D eigenvalue weighted by atomic mass is 127. The van der Waals surface area contributed by atoms with E-state index >= 15 is 0 Å². The molecule has 0 heterocycles. The predicted molar refractivity (Wildman–Crippen MR) is 64.2 cm³/mol. The minimum atomic E-state index is -3.82. The number of nitrogens with zero attached hydrogens (tertiary/aromatic N) is 1. The molecule has 1 rings (SSSR count). The summed E-state index contributed by atoms with van der Waals surface area (Å²) in [5, 5.41) is 8.71. The van der Waals surface area contributed by atoms with Crippen molar-refractivity contribution in [2.24, 2.45) is 0 Å². The van der Waals surface area contributed by atoms with Crippen LogP contribution >= 0.6 is 45.9 Å². The second-order valence-electron chi connectivity index (χ2n) is 2.36. The zero-order chi connectivity index (χ0) is 10.9. The monoisotopic (exact) mass is 359 g/mol. The van der Waals surface area contributed by atoms with E-state index in [1.807, 2.05) is 6.07 Å². The Kier molecular flexibility index (Phi) is 3.69. The first-order valence-corrected chi connectivity index (χ1v) is 7.07. The Hall–Kier alpha value is 0.0300. The zero-order valence-corrected chi connectivity index (χ0v) is 11.2. The largest absolute Gasteiger partial charge is 0.262 e. The van der Waals surface area contributed by atoms with Crippen LogP contribution in [-0.2, 0) is 9.05 Å². The molecule has 74 valence electrons. The third-order valence-electron chi connectivity index (χ3n) is 1.41. The Morgan fingerprint density at radius 1 is 1.50 bits per heavy atom. The van der Waals surface area contributed by atoms with Gasteiger partial charge in [-0.15, -0.1) is 12.6 Å². The van der Waals surface area contributed by atoms with Gasteiger partial charge in [0.05, 0.1) is 14.0 Å². The molecule has 7 heteroatoms. The number of nitriles is 1. The van der Waals surface area contributed by atoms with Crippen LogP contribution < -0.4 is 0 Å². The van der Waals surface area contributed by atoms with E-state index in [2.05, 4.69) is 12.6 Å². The molecule has 0 aliphatic carbocycles. The van der Waals surface area contributed by atoms with Crippen LogP contribution in [0.15, 0.2) is 21.9 Å². The summed E-state index contributed by atoms with van der Waals surface area (Å²) in [6.07, 6.45) is 0. The topological polar surface area (TPSA) is 57.9 Å². The van der Waals surface area contributed by atoms with Gasteiger partial charge in [0.2, 0.25) is 0 Å². The van der Waals surface area contributed by atoms with E-state index in [0.29, 0.717) is 8.47 Å². The maximum Gasteiger partial charge on any atom is 0.262 e. The highest BCUT2D eigenvalue weighted by Gasteiger charge is 2.17. The van der Waals surface area contributed by atoms with Crippen LogP contribution in [0.5, 0.6) is 0 Å². The minimum Gasteiger partial charge on any atom is -0.207 e. The van der Waals surface area contributed by atoms with Crippen LogP contribution in [0.4, 0.5) is 0 Å². The fraction of sp³-hybridized carbons (Fsp3) is 0. The third-order valence-corrected chi connectivity index (χ3v) is 4.54. The SMILES string of the molecule is N#Cc1cc(S)cc(S(=O)(=O)Cl)c1I. The minimum absolute atomic E-state index is 0.0798. The van der Waals surface area contributed by atoms with Gasteiger partial charge in [0.25, 0.3) is 9.05 Å². The summed E-state index contributed by atoms with van der Waals surface area (Å²) in [7, 11) is 1.36. The second kappa shape index (κ2) is 4.26. The van der Waals surface area contributed by atoms with Gasteiger partial charge in [-0.2, -0.15) is 5.26 Å². The van der Waals surface area contributed by atoms with E-state index in [0.717, 1.165) is 0 Å². The van der Waals surface area contributed by atoms with Crippen LogP contribution in [0.2, 0.25) is 0 Å². The van der Waals surface area contributed by atoms with Gasteiger partial charge in [0.1, 0.15) is 6.07 Å². The number of benzene rings is 1. The fourth-order valence-electron chi connectivity index (χ4n) is 0.842. The standard InChI is InChI=1S/C7H3ClINO2S2/c8-14(11,12)6-2-5(13)1-4(3-10)7(6)9/h1-2,13H. The van der Waals surface area contributed by atoms with Crippen LogP contribution in [0, 0.1) is 14.9 Å². The lowest BCUT2D eigenvalue weighted by molar-refractivity contribution is 0.609. The van der Waals surface area contributed by atoms with Crippen LogP contribution in [0.25, 0.3) is 0 Å². The molecule has 0 spiro atoms. The van der Waals surface area contributed by atoms with Crippen molar-refractivity contribution in [3.8, 4) is 6.07 Å². The molecule has 0 amide bonds. The van der Waals surface area contributed by atoms with E-state index in [1.54, 1.807) is 22.6 Å². The van der Waals surface area contributed by atoms with Crippen LogP contribution in [0.3, 0.4) is 0 Å². The van der Waals surface area contributed by atoms with Crippen molar-refractivity contribution in [3.63, 3.8) is 0 Å². The van der Waals surface area contributed by atoms with Gasteiger partial charge >= 0.3 is 0 Å². The van der Waals surface area contributed by atoms with Crippen molar-refractivity contribution in [1.82, 2.24) is 0 Å². The molecule has 1 aromatic carbocycles. The van der Waals surface area contributed by atoms with Gasteiger partial charge in [0.15, 0.2) is 0 Å². The predicted octanol–water partition coefficient (Wildman–Crippen LogP) is 2.38. The average Bonchev–Trinajstić information content (AvgIpc) is 2.06. The Morgan fingerprint density at radius 3 is 2.50 bits per heavy atom. The molecule has 0 fully saturated rings. The summed E-state index contributed by atoms with van der Waals surface area (Å²) in [4.78, 5) is 0.310. The average molecular weight is 360 g/mol. The Morgan fingerprint density at radius 2 is 2.07 bits per heavy atom. The molecule has 14 heavy (non-hydrogen) atoms. The number of hydrogen-bond acceptors (Lipinski definition) is 4. The first-order chi connectivity index (χ1) is 6.36. The maximum atomic E-state index is 11.1. The van der Waals surface area contributed by atoms with Gasteiger partial charge in [-0.05, 0) is 34.7 Å². The lowest BCUT2D eigenvalue weighted by Crippen LogP contribution is -1.97. The molecule has 0 saturated carbocycles. The Balaban J connectivity index is 3.64. The van der Waals surface area contributed by atoms with E-state index in [9.17, 15) is 8.42 Å². The smallest absolute Gasteiger partial charge is 0.207 e. The summed E-state index contributed by atoms with van der Waals surface area (Å²) in [6, 6.07) is 4.67. The second-order valence-corrected chi connectivity index (χ2v) is 6.48.